The van der Waals surface area contributed by atoms with Gasteiger partial charge < -0.3 is 52.4 Å². The van der Waals surface area contributed by atoms with Gasteiger partial charge in [-0.25, -0.2) is 23.7 Å². The number of hydrogen-bond acceptors (Lipinski definition) is 14. The first-order valence-electron chi connectivity index (χ1n) is 20.5. The highest BCUT2D eigenvalue weighted by atomic mass is 16.6. The number of ether oxygens (including phenoxy) is 10. The lowest BCUT2D eigenvalue weighted by molar-refractivity contribution is -0.139. The molecule has 0 radical (unpaired) electrons. The van der Waals surface area contributed by atoms with Gasteiger partial charge in [0.1, 0.15) is 12.4 Å². The highest BCUT2D eigenvalue weighted by molar-refractivity contribution is 5.87. The molecular formula is C45H56N4O13. The Bertz CT molecular complexity index is 2160. The molecule has 3 aromatic carbocycles. The summed E-state index contributed by atoms with van der Waals surface area (Å²) < 4.78 is 56.3. The number of benzene rings is 3. The minimum Gasteiger partial charge on any atom is -0.460 e. The van der Waals surface area contributed by atoms with E-state index in [4.69, 9.17) is 47.4 Å². The van der Waals surface area contributed by atoms with Gasteiger partial charge in [-0.15, -0.1) is 0 Å². The van der Waals surface area contributed by atoms with Crippen LogP contribution in [0, 0.1) is 0 Å². The Morgan fingerprint density at radius 2 is 0.968 bits per heavy atom. The van der Waals surface area contributed by atoms with Crippen LogP contribution < -0.4 is 11.2 Å². The number of esters is 1. The standard InChI is InChI=1S/C45H56N4O13/c1-53-18-19-54-20-21-55-22-23-56-24-25-57-26-27-58-28-29-59-30-31-60-32-33-61-34-35-62-40(50)17-14-36-12-15-37(16-13-36)42-46-41-43(47-42)48(38-8-4-2-5-9-38)45(52)49(44(41)51)39-10-6-3-7-11-39/h2-17H,18-35H2,1H3,(H,46,47). The number of nitrogens with zero attached hydrogens (tertiary/aromatic N) is 3. The van der Waals surface area contributed by atoms with Crippen LogP contribution >= 0.6 is 0 Å². The van der Waals surface area contributed by atoms with Crippen LogP contribution in [-0.4, -0.2) is 151 Å². The smallest absolute Gasteiger partial charge is 0.342 e. The number of hydrogen-bond donors (Lipinski definition) is 1. The van der Waals surface area contributed by atoms with Crippen LogP contribution in [0.3, 0.4) is 0 Å². The molecule has 0 fully saturated rings. The first-order chi connectivity index (χ1) is 30.6. The molecule has 0 spiro atoms. The average Bonchev–Trinajstić information content (AvgIpc) is 3.74. The molecule has 0 aliphatic carbocycles. The summed E-state index contributed by atoms with van der Waals surface area (Å²) in [6, 6.07) is 25.0. The molecule has 2 heterocycles. The van der Waals surface area contributed by atoms with Gasteiger partial charge in [-0.2, -0.15) is 0 Å². The summed E-state index contributed by atoms with van der Waals surface area (Å²) in [6.07, 6.45) is 2.97. The Morgan fingerprint density at radius 3 is 1.42 bits per heavy atom. The molecule has 0 aliphatic rings. The normalized spacial score (nSPS) is 11.6. The fourth-order valence-corrected chi connectivity index (χ4v) is 5.76. The molecule has 1 N–H and O–H groups in total. The SMILES string of the molecule is COCCOCCOCCOCCOCCOCCOCCOCCOCCOC(=O)C=Cc1ccc(-c2nc3c([nH]2)c(=O)n(-c2ccccc2)c(=O)n3-c2ccccc2)cc1. The molecule has 62 heavy (non-hydrogen) atoms. The van der Waals surface area contributed by atoms with E-state index in [0.29, 0.717) is 128 Å². The van der Waals surface area contributed by atoms with Crippen molar-refractivity contribution in [3.05, 3.63) is 117 Å². The number of carbonyl (C=O) groups excluding carboxylic acids is 1. The monoisotopic (exact) mass is 860 g/mol. The summed E-state index contributed by atoms with van der Waals surface area (Å²) in [5.74, 6) is -0.0957. The molecule has 5 aromatic rings. The summed E-state index contributed by atoms with van der Waals surface area (Å²) >= 11 is 0. The molecule has 17 heteroatoms. The third-order valence-electron chi connectivity index (χ3n) is 8.83. The maximum atomic E-state index is 13.8. The maximum absolute atomic E-state index is 13.8. The summed E-state index contributed by atoms with van der Waals surface area (Å²) in [6.45, 7) is 7.99. The van der Waals surface area contributed by atoms with Crippen LogP contribution in [0.2, 0.25) is 0 Å². The van der Waals surface area contributed by atoms with Gasteiger partial charge in [0.25, 0.3) is 5.56 Å². The Morgan fingerprint density at radius 1 is 0.548 bits per heavy atom. The molecule has 2 aromatic heterocycles. The highest BCUT2D eigenvalue weighted by Gasteiger charge is 2.20. The summed E-state index contributed by atoms with van der Waals surface area (Å²) in [5, 5.41) is 0. The second kappa shape index (κ2) is 28.3. The summed E-state index contributed by atoms with van der Waals surface area (Å²) in [4.78, 5) is 47.5. The van der Waals surface area contributed by atoms with Gasteiger partial charge in [-0.1, -0.05) is 60.7 Å². The topological polar surface area (TPSA) is 182 Å². The van der Waals surface area contributed by atoms with Crippen molar-refractivity contribution < 1.29 is 52.2 Å². The van der Waals surface area contributed by atoms with Gasteiger partial charge in [0.05, 0.1) is 124 Å². The minimum absolute atomic E-state index is 0.0959. The van der Waals surface area contributed by atoms with E-state index in [0.717, 1.165) is 10.1 Å². The molecule has 5 rings (SSSR count). The van der Waals surface area contributed by atoms with Crippen LogP contribution in [0.15, 0.2) is 101 Å². The Labute approximate surface area is 360 Å². The van der Waals surface area contributed by atoms with Crippen LogP contribution in [-0.2, 0) is 52.2 Å². The summed E-state index contributed by atoms with van der Waals surface area (Å²) in [7, 11) is 1.64. The maximum Gasteiger partial charge on any atom is 0.342 e. The Kier molecular flexibility index (Phi) is 21.8. The second-order valence-corrected chi connectivity index (χ2v) is 13.2. The van der Waals surface area contributed by atoms with Gasteiger partial charge in [0.15, 0.2) is 11.2 Å². The van der Waals surface area contributed by atoms with Crippen molar-refractivity contribution in [1.82, 2.24) is 19.1 Å². The first-order valence-corrected chi connectivity index (χ1v) is 20.5. The number of nitrogens with one attached hydrogen (secondary N) is 1. The van der Waals surface area contributed by atoms with Crippen LogP contribution in [0.5, 0.6) is 0 Å². The fourth-order valence-electron chi connectivity index (χ4n) is 5.76. The van der Waals surface area contributed by atoms with E-state index in [1.54, 1.807) is 49.6 Å². The molecule has 0 atom stereocenters. The van der Waals surface area contributed by atoms with E-state index in [-0.39, 0.29) is 24.4 Å². The van der Waals surface area contributed by atoms with Crippen LogP contribution in [0.4, 0.5) is 0 Å². The molecule has 0 saturated heterocycles. The van der Waals surface area contributed by atoms with Crippen molar-refractivity contribution in [3.8, 4) is 22.8 Å². The number of para-hydroxylation sites is 2. The molecule has 0 bridgehead atoms. The molecule has 0 amide bonds. The number of rotatable bonds is 32. The van der Waals surface area contributed by atoms with Crippen molar-refractivity contribution in [2.75, 3.05) is 126 Å². The van der Waals surface area contributed by atoms with E-state index in [1.165, 1.54) is 10.6 Å². The number of aromatic amines is 1. The predicted octanol–water partition coefficient (Wildman–Crippen LogP) is 3.87. The lowest BCUT2D eigenvalue weighted by atomic mass is 10.1. The van der Waals surface area contributed by atoms with E-state index in [9.17, 15) is 14.4 Å². The number of H-pyrrole nitrogens is 1. The predicted molar refractivity (Wildman–Crippen MR) is 231 cm³/mol. The lowest BCUT2D eigenvalue weighted by Crippen LogP contribution is -2.38. The number of fused-ring (bicyclic) bond motifs is 1. The van der Waals surface area contributed by atoms with Gasteiger partial charge >= 0.3 is 11.7 Å². The third-order valence-corrected chi connectivity index (χ3v) is 8.83. The van der Waals surface area contributed by atoms with Gasteiger partial charge in [0.2, 0.25) is 0 Å². The van der Waals surface area contributed by atoms with Crippen molar-refractivity contribution in [1.29, 1.82) is 0 Å². The van der Waals surface area contributed by atoms with E-state index >= 15 is 0 Å². The molecule has 0 saturated carbocycles. The van der Waals surface area contributed by atoms with Crippen molar-refractivity contribution in [3.63, 3.8) is 0 Å². The zero-order chi connectivity index (χ0) is 43.5. The van der Waals surface area contributed by atoms with Gasteiger partial charge in [-0.3, -0.25) is 4.79 Å². The zero-order valence-corrected chi connectivity index (χ0v) is 35.1. The quantitative estimate of drug-likeness (QED) is 0.0374. The molecule has 0 unspecified atom stereocenters. The fraction of sp³-hybridized carbons (Fsp3) is 0.422. The minimum atomic E-state index is -0.533. The first kappa shape index (κ1) is 47.7. The Balaban J connectivity index is 0.888. The third kappa shape index (κ3) is 16.2. The summed E-state index contributed by atoms with van der Waals surface area (Å²) in [5.41, 5.74) is 1.81. The second-order valence-electron chi connectivity index (χ2n) is 13.2. The van der Waals surface area contributed by atoms with Crippen LogP contribution in [0.1, 0.15) is 5.56 Å². The Hall–Kier alpha value is -5.34. The average molecular weight is 861 g/mol. The van der Waals surface area contributed by atoms with E-state index < -0.39 is 17.2 Å². The number of imidazole rings is 1. The molecule has 334 valence electrons. The number of methoxy groups -OCH3 is 1. The van der Waals surface area contributed by atoms with E-state index in [2.05, 4.69) is 9.97 Å². The van der Waals surface area contributed by atoms with Gasteiger partial charge in [-0.05, 0) is 35.9 Å². The zero-order valence-electron chi connectivity index (χ0n) is 35.1. The largest absolute Gasteiger partial charge is 0.460 e. The number of aromatic nitrogens is 4. The molecular weight excluding hydrogens is 805 g/mol. The lowest BCUT2D eigenvalue weighted by Gasteiger charge is -2.11. The van der Waals surface area contributed by atoms with Crippen molar-refractivity contribution >= 4 is 23.2 Å². The van der Waals surface area contributed by atoms with Crippen molar-refractivity contribution in [2.45, 2.75) is 0 Å². The van der Waals surface area contributed by atoms with E-state index in [1.807, 2.05) is 48.5 Å². The molecule has 17 nitrogen and oxygen atoms in total. The number of carbonyl (C=O) groups is 1. The highest BCUT2D eigenvalue weighted by Crippen LogP contribution is 2.21. The van der Waals surface area contributed by atoms with Crippen molar-refractivity contribution in [2.24, 2.45) is 0 Å². The molecule has 0 aliphatic heterocycles. The van der Waals surface area contributed by atoms with Crippen LogP contribution in [0.25, 0.3) is 40.0 Å². The van der Waals surface area contributed by atoms with Gasteiger partial charge in [0, 0.05) is 18.7 Å².